The summed E-state index contributed by atoms with van der Waals surface area (Å²) in [5.74, 6) is -0.714. The Labute approximate surface area is 133 Å². The first-order chi connectivity index (χ1) is 10.3. The fourth-order valence-electron chi connectivity index (χ4n) is 2.22. The number of Topliss-reactive ketones (excluding diaryl/α,β-unsaturated/α-hetero) is 1. The van der Waals surface area contributed by atoms with E-state index in [0.717, 1.165) is 0 Å². The molecular formula is C16H15ClN2O3. The average Bonchev–Trinajstić information content (AvgIpc) is 2.47. The molecule has 0 saturated carbocycles. The molecule has 0 aliphatic heterocycles. The molecule has 0 spiro atoms. The van der Waals surface area contributed by atoms with E-state index in [1.807, 2.05) is 6.07 Å². The topological polar surface area (TPSA) is 80.0 Å². The second-order valence-electron chi connectivity index (χ2n) is 5.47. The zero-order chi connectivity index (χ0) is 16.5. The highest BCUT2D eigenvalue weighted by Gasteiger charge is 2.34. The van der Waals surface area contributed by atoms with Crippen molar-refractivity contribution in [3.8, 4) is 6.07 Å². The van der Waals surface area contributed by atoms with Crippen LogP contribution in [-0.2, 0) is 26.2 Å². The smallest absolute Gasteiger partial charge is 0.317 e. The first-order valence-electron chi connectivity index (χ1n) is 6.83. The number of halogens is 1. The van der Waals surface area contributed by atoms with Crippen molar-refractivity contribution in [2.45, 2.75) is 32.6 Å². The van der Waals surface area contributed by atoms with Crippen molar-refractivity contribution < 1.29 is 14.3 Å². The van der Waals surface area contributed by atoms with Crippen LogP contribution in [0.25, 0.3) is 5.03 Å². The molecule has 0 amide bonds. The van der Waals surface area contributed by atoms with E-state index >= 15 is 0 Å². The van der Waals surface area contributed by atoms with Gasteiger partial charge in [0.1, 0.15) is 17.1 Å². The van der Waals surface area contributed by atoms with E-state index in [0.29, 0.717) is 16.8 Å². The molecule has 1 aromatic heterocycles. The Kier molecular flexibility index (Phi) is 4.34. The highest BCUT2D eigenvalue weighted by Crippen LogP contribution is 2.34. The van der Waals surface area contributed by atoms with Gasteiger partial charge >= 0.3 is 5.97 Å². The number of carbonyl (C=O) groups excluding carboxylic acids is 2. The van der Waals surface area contributed by atoms with Crippen LogP contribution in [-0.4, -0.2) is 23.3 Å². The Balaban J connectivity index is 2.53. The number of allylic oxidation sites excluding steroid dienone is 1. The standard InChI is InChI=1S/C16H15ClN2O3/c1-4-22-15(21)16(2,3)13-6-10-9(8-19-13)5-12(20)11(7-18)14(10)17/h6,8H,4-5H2,1-3H3. The van der Waals surface area contributed by atoms with Crippen LogP contribution in [0.3, 0.4) is 0 Å². The summed E-state index contributed by atoms with van der Waals surface area (Å²) in [6.07, 6.45) is 1.61. The van der Waals surface area contributed by atoms with Gasteiger partial charge in [0.25, 0.3) is 0 Å². The quantitative estimate of drug-likeness (QED) is 0.800. The normalized spacial score (nSPS) is 14.4. The lowest BCUT2D eigenvalue weighted by Crippen LogP contribution is -2.32. The molecule has 1 aromatic rings. The summed E-state index contributed by atoms with van der Waals surface area (Å²) in [5, 5.41) is 9.15. The van der Waals surface area contributed by atoms with Crippen molar-refractivity contribution in [1.29, 1.82) is 5.26 Å². The van der Waals surface area contributed by atoms with Gasteiger partial charge in [-0.05, 0) is 32.4 Å². The van der Waals surface area contributed by atoms with Crippen LogP contribution < -0.4 is 0 Å². The molecule has 1 aliphatic carbocycles. The number of esters is 1. The fourth-order valence-corrected chi connectivity index (χ4v) is 2.54. The maximum Gasteiger partial charge on any atom is 0.317 e. The minimum atomic E-state index is -0.948. The molecule has 0 bridgehead atoms. The molecule has 5 nitrogen and oxygen atoms in total. The molecule has 0 unspecified atom stereocenters. The molecule has 114 valence electrons. The van der Waals surface area contributed by atoms with Crippen molar-refractivity contribution in [1.82, 2.24) is 4.98 Å². The van der Waals surface area contributed by atoms with Gasteiger partial charge in [0.15, 0.2) is 5.78 Å². The van der Waals surface area contributed by atoms with Crippen molar-refractivity contribution in [3.05, 3.63) is 34.7 Å². The lowest BCUT2D eigenvalue weighted by atomic mass is 9.85. The Hall–Kier alpha value is -2.19. The van der Waals surface area contributed by atoms with E-state index in [4.69, 9.17) is 21.6 Å². The second-order valence-corrected chi connectivity index (χ2v) is 5.85. The Morgan fingerprint density at radius 2 is 2.23 bits per heavy atom. The fraction of sp³-hybridized carbons (Fsp3) is 0.375. The summed E-state index contributed by atoms with van der Waals surface area (Å²) in [6.45, 7) is 5.42. The molecular weight excluding hydrogens is 304 g/mol. The molecule has 1 aliphatic rings. The number of pyridine rings is 1. The highest BCUT2D eigenvalue weighted by molar-refractivity contribution is 6.52. The van der Waals surface area contributed by atoms with Gasteiger partial charge < -0.3 is 4.74 Å². The number of ketones is 1. The van der Waals surface area contributed by atoms with Crippen LogP contribution >= 0.6 is 11.6 Å². The van der Waals surface area contributed by atoms with Gasteiger partial charge in [0.2, 0.25) is 0 Å². The molecule has 6 heteroatoms. The van der Waals surface area contributed by atoms with E-state index in [9.17, 15) is 9.59 Å². The summed E-state index contributed by atoms with van der Waals surface area (Å²) in [4.78, 5) is 28.2. The van der Waals surface area contributed by atoms with Crippen LogP contribution in [0.4, 0.5) is 0 Å². The van der Waals surface area contributed by atoms with E-state index in [1.165, 1.54) is 6.20 Å². The van der Waals surface area contributed by atoms with E-state index in [-0.39, 0.29) is 29.4 Å². The third-order valence-electron chi connectivity index (χ3n) is 3.61. The summed E-state index contributed by atoms with van der Waals surface area (Å²) < 4.78 is 5.06. The predicted molar refractivity (Wildman–Crippen MR) is 81.0 cm³/mol. The van der Waals surface area contributed by atoms with Crippen LogP contribution in [0.15, 0.2) is 17.8 Å². The number of rotatable bonds is 3. The Morgan fingerprint density at radius 3 is 2.82 bits per heavy atom. The van der Waals surface area contributed by atoms with Gasteiger partial charge in [0.05, 0.1) is 17.3 Å². The number of hydrogen-bond acceptors (Lipinski definition) is 5. The van der Waals surface area contributed by atoms with Crippen molar-refractivity contribution in [2.24, 2.45) is 0 Å². The molecule has 22 heavy (non-hydrogen) atoms. The second kappa shape index (κ2) is 5.90. The number of nitrogens with zero attached hydrogens (tertiary/aromatic N) is 2. The number of carbonyl (C=O) groups is 2. The summed E-state index contributed by atoms with van der Waals surface area (Å²) in [7, 11) is 0. The first-order valence-corrected chi connectivity index (χ1v) is 7.20. The van der Waals surface area contributed by atoms with Gasteiger partial charge in [-0.2, -0.15) is 5.26 Å². The lowest BCUT2D eigenvalue weighted by Gasteiger charge is -2.24. The molecule has 0 N–H and O–H groups in total. The maximum absolute atomic E-state index is 12.1. The lowest BCUT2D eigenvalue weighted by molar-refractivity contribution is -0.149. The third kappa shape index (κ3) is 2.62. The number of aromatic nitrogens is 1. The molecule has 0 radical (unpaired) electrons. The monoisotopic (exact) mass is 318 g/mol. The molecule has 0 aromatic carbocycles. The van der Waals surface area contributed by atoms with Gasteiger partial charge in [-0.25, -0.2) is 0 Å². The van der Waals surface area contributed by atoms with Crippen molar-refractivity contribution in [2.75, 3.05) is 6.61 Å². The number of nitriles is 1. The number of fused-ring (bicyclic) bond motifs is 1. The van der Waals surface area contributed by atoms with E-state index in [2.05, 4.69) is 4.98 Å². The van der Waals surface area contributed by atoms with Crippen LogP contribution in [0, 0.1) is 11.3 Å². The third-order valence-corrected chi connectivity index (χ3v) is 4.00. The molecule has 1 heterocycles. The van der Waals surface area contributed by atoms with Gasteiger partial charge in [-0.15, -0.1) is 0 Å². The minimum Gasteiger partial charge on any atom is -0.465 e. The van der Waals surface area contributed by atoms with Crippen LogP contribution in [0.2, 0.25) is 0 Å². The van der Waals surface area contributed by atoms with Crippen molar-refractivity contribution >= 4 is 28.4 Å². The summed E-state index contributed by atoms with van der Waals surface area (Å²) >= 11 is 6.16. The zero-order valence-electron chi connectivity index (χ0n) is 12.6. The predicted octanol–water partition coefficient (Wildman–Crippen LogP) is 2.52. The summed E-state index contributed by atoms with van der Waals surface area (Å²) in [5.41, 5.74) is 0.698. The SMILES string of the molecule is CCOC(=O)C(C)(C)c1cc2c(cn1)CC(=O)C(C#N)=C2Cl. The number of ether oxygens (including phenoxy) is 1. The zero-order valence-corrected chi connectivity index (χ0v) is 13.3. The number of hydrogen-bond donors (Lipinski definition) is 0. The van der Waals surface area contributed by atoms with Crippen LogP contribution in [0.1, 0.15) is 37.6 Å². The van der Waals surface area contributed by atoms with Gasteiger partial charge in [-0.1, -0.05) is 11.6 Å². The van der Waals surface area contributed by atoms with Gasteiger partial charge in [-0.3, -0.25) is 14.6 Å². The largest absolute Gasteiger partial charge is 0.465 e. The maximum atomic E-state index is 12.1. The minimum absolute atomic E-state index is 0.0553. The first kappa shape index (κ1) is 16.2. The Bertz CT molecular complexity index is 729. The summed E-state index contributed by atoms with van der Waals surface area (Å²) in [6, 6.07) is 3.48. The Morgan fingerprint density at radius 1 is 1.55 bits per heavy atom. The molecule has 0 saturated heterocycles. The van der Waals surface area contributed by atoms with Crippen molar-refractivity contribution in [3.63, 3.8) is 0 Å². The van der Waals surface area contributed by atoms with E-state index in [1.54, 1.807) is 26.8 Å². The molecule has 0 atom stereocenters. The average molecular weight is 319 g/mol. The molecule has 2 rings (SSSR count). The molecule has 0 fully saturated rings. The van der Waals surface area contributed by atoms with Crippen LogP contribution in [0.5, 0.6) is 0 Å². The highest BCUT2D eigenvalue weighted by atomic mass is 35.5. The van der Waals surface area contributed by atoms with E-state index < -0.39 is 11.4 Å². The van der Waals surface area contributed by atoms with Gasteiger partial charge in [0, 0.05) is 18.2 Å².